The van der Waals surface area contributed by atoms with Crippen molar-refractivity contribution < 1.29 is 5.11 Å². The van der Waals surface area contributed by atoms with Gasteiger partial charge in [-0.05, 0) is 75.4 Å². The van der Waals surface area contributed by atoms with Gasteiger partial charge in [-0.2, -0.15) is 0 Å². The zero-order chi connectivity index (χ0) is 28.2. The lowest BCUT2D eigenvalue weighted by Gasteiger charge is -2.23. The average Bonchev–Trinajstić information content (AvgIpc) is 3.35. The van der Waals surface area contributed by atoms with Crippen molar-refractivity contribution in [1.29, 1.82) is 0 Å². The van der Waals surface area contributed by atoms with E-state index >= 15 is 0 Å². The van der Waals surface area contributed by atoms with Crippen molar-refractivity contribution >= 4 is 32.3 Å². The predicted octanol–water partition coefficient (Wildman–Crippen LogP) is 10.1. The van der Waals surface area contributed by atoms with Gasteiger partial charge in [0.1, 0.15) is 10.8 Å². The maximum absolute atomic E-state index is 10.6. The van der Waals surface area contributed by atoms with E-state index < -0.39 is 0 Å². The predicted molar refractivity (Wildman–Crippen MR) is 170 cm³/mol. The Morgan fingerprint density at radius 2 is 1.35 bits per heavy atom. The zero-order valence-corrected chi connectivity index (χ0v) is 24.7. The molecule has 0 aliphatic heterocycles. The van der Waals surface area contributed by atoms with Gasteiger partial charge in [0.25, 0.3) is 0 Å². The van der Waals surface area contributed by atoms with Crippen LogP contribution in [0.4, 0.5) is 0 Å². The van der Waals surface area contributed by atoms with E-state index in [1.54, 1.807) is 17.4 Å². The van der Waals surface area contributed by atoms with Crippen molar-refractivity contribution in [3.05, 3.63) is 102 Å². The molecule has 0 spiro atoms. The molecule has 6 aromatic rings. The summed E-state index contributed by atoms with van der Waals surface area (Å²) in [6.45, 7) is 13.5. The van der Waals surface area contributed by atoms with Gasteiger partial charge in [0, 0.05) is 22.7 Å². The largest absolute Gasteiger partial charge is 0.507 e. The van der Waals surface area contributed by atoms with Gasteiger partial charge < -0.3 is 5.11 Å². The molecule has 3 nitrogen and oxygen atoms in total. The molecule has 0 aliphatic rings. The number of phenolic OH excluding ortho intramolecular Hbond substituents is 1. The van der Waals surface area contributed by atoms with Gasteiger partial charge in [-0.25, -0.2) is 4.98 Å². The molecule has 40 heavy (non-hydrogen) atoms. The van der Waals surface area contributed by atoms with E-state index in [2.05, 4.69) is 102 Å². The van der Waals surface area contributed by atoms with Gasteiger partial charge in [-0.3, -0.25) is 4.98 Å². The van der Waals surface area contributed by atoms with E-state index in [1.807, 2.05) is 24.4 Å². The normalized spacial score (nSPS) is 12.3. The average molecular weight is 543 g/mol. The number of thiazole rings is 1. The molecular weight excluding hydrogens is 508 g/mol. The molecule has 2 aromatic heterocycles. The lowest BCUT2D eigenvalue weighted by atomic mass is 9.82. The van der Waals surface area contributed by atoms with Gasteiger partial charge >= 0.3 is 0 Å². The fraction of sp³-hybridized carbons (Fsp3) is 0.222. The minimum atomic E-state index is -0.0564. The lowest BCUT2D eigenvalue weighted by molar-refractivity contribution is 0.477. The first-order valence-electron chi connectivity index (χ1n) is 13.7. The van der Waals surface area contributed by atoms with Crippen LogP contribution in [-0.4, -0.2) is 15.1 Å². The first-order valence-corrected chi connectivity index (χ1v) is 14.5. The molecule has 200 valence electrons. The first kappa shape index (κ1) is 26.2. The van der Waals surface area contributed by atoms with Crippen molar-refractivity contribution in [3.8, 4) is 38.7 Å². The Labute approximate surface area is 240 Å². The molecule has 0 unspecified atom stereocenters. The highest BCUT2D eigenvalue weighted by Gasteiger charge is 2.23. The minimum Gasteiger partial charge on any atom is -0.507 e. The molecule has 6 rings (SSSR count). The molecular formula is C36H34N2OS. The van der Waals surface area contributed by atoms with Crippen LogP contribution >= 0.6 is 11.3 Å². The van der Waals surface area contributed by atoms with Gasteiger partial charge in [0.05, 0.1) is 21.5 Å². The molecule has 0 fully saturated rings. The summed E-state index contributed by atoms with van der Waals surface area (Å²) in [6.07, 6.45) is 1.90. The summed E-state index contributed by atoms with van der Waals surface area (Å²) in [5.41, 5.74) is 8.45. The maximum Gasteiger partial charge on any atom is 0.128 e. The number of hydrogen-bond donors (Lipinski definition) is 1. The molecule has 0 atom stereocenters. The molecule has 0 amide bonds. The Kier molecular flexibility index (Phi) is 6.27. The third-order valence-electron chi connectivity index (χ3n) is 7.55. The van der Waals surface area contributed by atoms with Crippen LogP contribution in [-0.2, 0) is 10.8 Å². The van der Waals surface area contributed by atoms with Crippen LogP contribution in [0, 0.1) is 0 Å². The Morgan fingerprint density at radius 3 is 2.10 bits per heavy atom. The number of pyridine rings is 1. The second kappa shape index (κ2) is 9.57. The monoisotopic (exact) mass is 542 g/mol. The smallest absolute Gasteiger partial charge is 0.128 e. The summed E-state index contributed by atoms with van der Waals surface area (Å²) < 4.78 is 1.12. The molecule has 1 N–H and O–H groups in total. The van der Waals surface area contributed by atoms with Crippen LogP contribution in [0.1, 0.15) is 52.7 Å². The lowest BCUT2D eigenvalue weighted by Crippen LogP contribution is -2.12. The zero-order valence-electron chi connectivity index (χ0n) is 23.9. The fourth-order valence-corrected chi connectivity index (χ4v) is 6.22. The Balaban J connectivity index is 1.66. The van der Waals surface area contributed by atoms with E-state index in [4.69, 9.17) is 9.97 Å². The molecule has 0 saturated carbocycles. The van der Waals surface area contributed by atoms with Crippen molar-refractivity contribution in [2.75, 3.05) is 0 Å². The van der Waals surface area contributed by atoms with Crippen LogP contribution in [0.15, 0.2) is 91.1 Å². The first-order chi connectivity index (χ1) is 19.0. The number of phenols is 1. The second-order valence-electron chi connectivity index (χ2n) is 12.6. The van der Waals surface area contributed by atoms with Crippen LogP contribution in [0.25, 0.3) is 53.9 Å². The number of rotatable bonds is 3. The third kappa shape index (κ3) is 4.77. The number of hydrogen-bond acceptors (Lipinski definition) is 4. The van der Waals surface area contributed by atoms with Crippen LogP contribution < -0.4 is 0 Å². The van der Waals surface area contributed by atoms with E-state index in [0.717, 1.165) is 48.6 Å². The quantitative estimate of drug-likeness (QED) is 0.242. The van der Waals surface area contributed by atoms with Crippen LogP contribution in [0.5, 0.6) is 5.75 Å². The standard InChI is InChI=1S/C36H34N2OS/c1-35(2,3)25-18-23(17-24(19-25)32-27-12-8-7-11-22(27)15-16-37-32)29-20-26(36(4,5)6)21-31-33(29)38-34(40-31)28-13-9-10-14-30(28)39/h7-21,39H,1-6H3. The van der Waals surface area contributed by atoms with E-state index in [1.165, 1.54) is 16.5 Å². The SMILES string of the molecule is CC(C)(C)c1cc(-c2nccc3ccccc23)cc(-c2cc(C(C)(C)C)cc3sc(-c4ccccc4O)nc23)c1. The summed E-state index contributed by atoms with van der Waals surface area (Å²) in [4.78, 5) is 10.00. The molecule has 0 saturated heterocycles. The molecule has 0 radical (unpaired) electrons. The van der Waals surface area contributed by atoms with E-state index in [0.29, 0.717) is 0 Å². The summed E-state index contributed by atoms with van der Waals surface area (Å²) >= 11 is 1.63. The number of benzene rings is 4. The highest BCUT2D eigenvalue weighted by atomic mass is 32.1. The van der Waals surface area contributed by atoms with E-state index in [-0.39, 0.29) is 16.6 Å². The van der Waals surface area contributed by atoms with Crippen molar-refractivity contribution in [2.45, 2.75) is 52.4 Å². The van der Waals surface area contributed by atoms with Crippen molar-refractivity contribution in [2.24, 2.45) is 0 Å². The Bertz CT molecular complexity index is 1880. The van der Waals surface area contributed by atoms with Gasteiger partial charge in [0.2, 0.25) is 0 Å². The fourth-order valence-electron chi connectivity index (χ4n) is 5.15. The van der Waals surface area contributed by atoms with Crippen LogP contribution in [0.2, 0.25) is 0 Å². The summed E-state index contributed by atoms with van der Waals surface area (Å²) in [5, 5.41) is 13.7. The highest BCUT2D eigenvalue weighted by molar-refractivity contribution is 7.21. The van der Waals surface area contributed by atoms with Crippen molar-refractivity contribution in [3.63, 3.8) is 0 Å². The summed E-state index contributed by atoms with van der Waals surface area (Å²) in [6, 6.07) is 29.4. The topological polar surface area (TPSA) is 46.0 Å². The molecule has 2 heterocycles. The second-order valence-corrected chi connectivity index (χ2v) is 13.6. The highest BCUT2D eigenvalue weighted by Crippen LogP contribution is 2.43. The maximum atomic E-state index is 10.6. The molecule has 4 aromatic carbocycles. The molecule has 4 heteroatoms. The minimum absolute atomic E-state index is 0.0381. The van der Waals surface area contributed by atoms with Gasteiger partial charge in [0.15, 0.2) is 0 Å². The number of para-hydroxylation sites is 1. The Morgan fingerprint density at radius 1 is 0.675 bits per heavy atom. The Hall–Kier alpha value is -4.02. The third-order valence-corrected chi connectivity index (χ3v) is 8.59. The van der Waals surface area contributed by atoms with Gasteiger partial charge in [-0.15, -0.1) is 11.3 Å². The van der Waals surface area contributed by atoms with E-state index in [9.17, 15) is 5.11 Å². The number of aromatic nitrogens is 2. The summed E-state index contributed by atoms with van der Waals surface area (Å²) in [7, 11) is 0. The number of fused-ring (bicyclic) bond motifs is 2. The summed E-state index contributed by atoms with van der Waals surface area (Å²) in [5.74, 6) is 0.248. The van der Waals surface area contributed by atoms with Crippen LogP contribution in [0.3, 0.4) is 0 Å². The number of nitrogens with zero attached hydrogens (tertiary/aromatic N) is 2. The van der Waals surface area contributed by atoms with Crippen molar-refractivity contribution in [1.82, 2.24) is 9.97 Å². The van der Waals surface area contributed by atoms with Gasteiger partial charge in [-0.1, -0.05) is 84.0 Å². The molecule has 0 bridgehead atoms. The molecule has 0 aliphatic carbocycles. The number of aromatic hydroxyl groups is 1.